The molecule has 0 radical (unpaired) electrons. The molecule has 4 nitrogen and oxygen atoms in total. The SMILES string of the molecule is Cc1ccc(-c2ccc(F)cc2C)c(C(=O)N2CCC[C@@]2(C)c2nc3ccc(C(F)(F)F)cc3[nH]2)c1. The van der Waals surface area contributed by atoms with Gasteiger partial charge in [-0.25, -0.2) is 9.37 Å². The normalized spacial score (nSPS) is 18.2. The molecule has 1 saturated heterocycles. The number of benzene rings is 3. The Morgan fingerprint density at radius 3 is 2.50 bits per heavy atom. The van der Waals surface area contributed by atoms with E-state index in [4.69, 9.17) is 0 Å². The molecule has 36 heavy (non-hydrogen) atoms. The number of amides is 1. The highest BCUT2D eigenvalue weighted by Gasteiger charge is 2.44. The number of H-pyrrole nitrogens is 1. The Labute approximate surface area is 206 Å². The molecule has 3 aromatic carbocycles. The number of carbonyl (C=O) groups is 1. The van der Waals surface area contributed by atoms with Gasteiger partial charge in [0.15, 0.2) is 0 Å². The van der Waals surface area contributed by atoms with Crippen LogP contribution in [0.15, 0.2) is 54.6 Å². The standard InChI is InChI=1S/C28H25F4N3O/c1-16-5-8-21(20-9-7-19(29)14-17(20)2)22(13-16)25(36)35-12-4-11-27(35,3)26-33-23-10-6-18(28(30,31)32)15-24(23)34-26/h5-10,13-15H,4,11-12H2,1-3H3,(H,33,34)/t27-/m0/s1. The van der Waals surface area contributed by atoms with Crippen molar-refractivity contribution in [2.45, 2.75) is 45.3 Å². The van der Waals surface area contributed by atoms with Gasteiger partial charge in [-0.3, -0.25) is 4.79 Å². The second kappa shape index (κ2) is 8.47. The first-order chi connectivity index (χ1) is 17.0. The van der Waals surface area contributed by atoms with Gasteiger partial charge in [0.1, 0.15) is 11.6 Å². The molecule has 1 amide bonds. The van der Waals surface area contributed by atoms with Crippen LogP contribution in [0.4, 0.5) is 17.6 Å². The van der Waals surface area contributed by atoms with Crippen LogP contribution in [0.25, 0.3) is 22.2 Å². The van der Waals surface area contributed by atoms with Crippen LogP contribution >= 0.6 is 0 Å². The van der Waals surface area contributed by atoms with Gasteiger partial charge in [-0.05, 0) is 86.7 Å². The van der Waals surface area contributed by atoms with Crippen molar-refractivity contribution in [3.05, 3.63) is 88.5 Å². The molecular formula is C28H25F4N3O. The molecule has 0 aliphatic carbocycles. The van der Waals surface area contributed by atoms with Crippen molar-refractivity contribution < 1.29 is 22.4 Å². The van der Waals surface area contributed by atoms with Gasteiger partial charge in [-0.15, -0.1) is 0 Å². The maximum absolute atomic E-state index is 14.0. The van der Waals surface area contributed by atoms with E-state index in [2.05, 4.69) is 9.97 Å². The maximum Gasteiger partial charge on any atom is 0.416 e. The summed E-state index contributed by atoms with van der Waals surface area (Å²) in [6.07, 6.45) is -3.12. The maximum atomic E-state index is 14.0. The number of aryl methyl sites for hydroxylation is 2. The number of alkyl halides is 3. The summed E-state index contributed by atoms with van der Waals surface area (Å²) in [6.45, 7) is 6.07. The quantitative estimate of drug-likeness (QED) is 0.307. The van der Waals surface area contributed by atoms with E-state index in [-0.39, 0.29) is 17.2 Å². The van der Waals surface area contributed by atoms with Crippen molar-refractivity contribution >= 4 is 16.9 Å². The predicted octanol–water partition coefficient (Wildman–Crippen LogP) is 7.16. The first kappa shape index (κ1) is 24.0. The van der Waals surface area contributed by atoms with Gasteiger partial charge in [-0.1, -0.05) is 23.8 Å². The summed E-state index contributed by atoms with van der Waals surface area (Å²) in [4.78, 5) is 23.4. The van der Waals surface area contributed by atoms with Gasteiger partial charge in [0.25, 0.3) is 5.91 Å². The van der Waals surface area contributed by atoms with Gasteiger partial charge in [0.05, 0.1) is 22.1 Å². The fourth-order valence-corrected chi connectivity index (χ4v) is 5.12. The number of nitrogens with one attached hydrogen (secondary N) is 1. The van der Waals surface area contributed by atoms with Crippen molar-refractivity contribution in [3.8, 4) is 11.1 Å². The van der Waals surface area contributed by atoms with Crippen LogP contribution in [-0.4, -0.2) is 27.3 Å². The van der Waals surface area contributed by atoms with Crippen LogP contribution in [0, 0.1) is 19.7 Å². The summed E-state index contributed by atoms with van der Waals surface area (Å²) >= 11 is 0. The van der Waals surface area contributed by atoms with Crippen LogP contribution < -0.4 is 0 Å². The van der Waals surface area contributed by atoms with Crippen LogP contribution in [0.3, 0.4) is 0 Å². The molecule has 2 heterocycles. The van der Waals surface area contributed by atoms with Crippen molar-refractivity contribution in [1.29, 1.82) is 0 Å². The number of nitrogens with zero attached hydrogens (tertiary/aromatic N) is 2. The van der Waals surface area contributed by atoms with Gasteiger partial charge >= 0.3 is 6.18 Å². The molecule has 0 saturated carbocycles. The topological polar surface area (TPSA) is 49.0 Å². The summed E-state index contributed by atoms with van der Waals surface area (Å²) in [5, 5.41) is 0. The van der Waals surface area contributed by atoms with Gasteiger partial charge < -0.3 is 9.88 Å². The average molecular weight is 496 g/mol. The lowest BCUT2D eigenvalue weighted by Crippen LogP contribution is -2.43. The smallest absolute Gasteiger partial charge is 0.340 e. The summed E-state index contributed by atoms with van der Waals surface area (Å²) < 4.78 is 53.4. The Bertz CT molecular complexity index is 1490. The Kier molecular flexibility index (Phi) is 5.65. The van der Waals surface area contributed by atoms with Crippen LogP contribution in [0.2, 0.25) is 0 Å². The van der Waals surface area contributed by atoms with Gasteiger partial charge in [0.2, 0.25) is 0 Å². The van der Waals surface area contributed by atoms with Crippen molar-refractivity contribution in [3.63, 3.8) is 0 Å². The van der Waals surface area contributed by atoms with E-state index in [9.17, 15) is 22.4 Å². The Hall–Kier alpha value is -3.68. The fourth-order valence-electron chi connectivity index (χ4n) is 5.12. The molecule has 1 aromatic heterocycles. The molecule has 0 bridgehead atoms. The molecule has 8 heteroatoms. The minimum absolute atomic E-state index is 0.200. The molecule has 4 aromatic rings. The molecule has 1 aliphatic rings. The number of hydrogen-bond acceptors (Lipinski definition) is 2. The third-order valence-corrected chi connectivity index (χ3v) is 7.09. The highest BCUT2D eigenvalue weighted by atomic mass is 19.4. The first-order valence-electron chi connectivity index (χ1n) is 11.7. The summed E-state index contributed by atoms with van der Waals surface area (Å²) in [6, 6.07) is 13.5. The summed E-state index contributed by atoms with van der Waals surface area (Å²) in [7, 11) is 0. The van der Waals surface area contributed by atoms with Crippen LogP contribution in [-0.2, 0) is 11.7 Å². The van der Waals surface area contributed by atoms with Crippen molar-refractivity contribution in [1.82, 2.24) is 14.9 Å². The monoisotopic (exact) mass is 495 g/mol. The second-order valence-electron chi connectivity index (χ2n) is 9.66. The zero-order valence-corrected chi connectivity index (χ0v) is 20.1. The van der Waals surface area contributed by atoms with E-state index >= 15 is 0 Å². The number of carbonyl (C=O) groups excluding carboxylic acids is 1. The molecule has 5 rings (SSSR count). The van der Waals surface area contributed by atoms with Gasteiger partial charge in [0, 0.05) is 12.1 Å². The first-order valence-corrected chi connectivity index (χ1v) is 11.7. The predicted molar refractivity (Wildman–Crippen MR) is 130 cm³/mol. The third kappa shape index (κ3) is 4.04. The molecular weight excluding hydrogens is 470 g/mol. The number of fused-ring (bicyclic) bond motifs is 1. The third-order valence-electron chi connectivity index (χ3n) is 7.09. The zero-order chi connectivity index (χ0) is 25.8. The molecule has 1 fully saturated rings. The number of aromatic amines is 1. The number of imidazole rings is 1. The molecule has 186 valence electrons. The van der Waals surface area contributed by atoms with Crippen molar-refractivity contribution in [2.24, 2.45) is 0 Å². The Balaban J connectivity index is 1.57. The number of hydrogen-bond donors (Lipinski definition) is 1. The van der Waals surface area contributed by atoms with E-state index in [0.29, 0.717) is 35.4 Å². The van der Waals surface area contributed by atoms with E-state index in [1.165, 1.54) is 18.2 Å². The molecule has 1 N–H and O–H groups in total. The highest BCUT2D eigenvalue weighted by Crippen LogP contribution is 2.41. The lowest BCUT2D eigenvalue weighted by atomic mass is 9.92. The number of likely N-dealkylation sites (tertiary alicyclic amines) is 1. The highest BCUT2D eigenvalue weighted by molar-refractivity contribution is 6.02. The lowest BCUT2D eigenvalue weighted by Gasteiger charge is -2.34. The molecule has 1 atom stereocenters. The number of aromatic nitrogens is 2. The Morgan fingerprint density at radius 2 is 1.78 bits per heavy atom. The minimum Gasteiger partial charge on any atom is -0.340 e. The van der Waals surface area contributed by atoms with Gasteiger partial charge in [-0.2, -0.15) is 13.2 Å². The lowest BCUT2D eigenvalue weighted by molar-refractivity contribution is -0.137. The van der Waals surface area contributed by atoms with E-state index in [1.807, 2.05) is 32.0 Å². The number of halogens is 4. The molecule has 0 unspecified atom stereocenters. The fraction of sp³-hybridized carbons (Fsp3) is 0.286. The van der Waals surface area contributed by atoms with E-state index in [1.54, 1.807) is 17.9 Å². The second-order valence-corrected chi connectivity index (χ2v) is 9.66. The van der Waals surface area contributed by atoms with Crippen LogP contribution in [0.1, 0.15) is 52.6 Å². The Morgan fingerprint density at radius 1 is 1.03 bits per heavy atom. The molecule has 0 spiro atoms. The van der Waals surface area contributed by atoms with E-state index < -0.39 is 17.3 Å². The summed E-state index contributed by atoms with van der Waals surface area (Å²) in [5.41, 5.74) is 2.70. The largest absolute Gasteiger partial charge is 0.416 e. The number of rotatable bonds is 3. The van der Waals surface area contributed by atoms with E-state index in [0.717, 1.165) is 35.2 Å². The zero-order valence-electron chi connectivity index (χ0n) is 20.1. The summed E-state index contributed by atoms with van der Waals surface area (Å²) in [5.74, 6) is -0.0920. The van der Waals surface area contributed by atoms with Crippen LogP contribution in [0.5, 0.6) is 0 Å². The van der Waals surface area contributed by atoms with Crippen molar-refractivity contribution in [2.75, 3.05) is 6.54 Å². The average Bonchev–Trinajstić information content (AvgIpc) is 3.42. The molecule has 1 aliphatic heterocycles. The minimum atomic E-state index is -4.46.